The Morgan fingerprint density at radius 1 is 1.48 bits per heavy atom. The van der Waals surface area contributed by atoms with Crippen molar-refractivity contribution in [3.05, 3.63) is 18.0 Å². The third kappa shape index (κ3) is 6.16. The van der Waals surface area contributed by atoms with Gasteiger partial charge >= 0.3 is 6.18 Å². The first-order valence-corrected chi connectivity index (χ1v) is 6.73. The van der Waals surface area contributed by atoms with Gasteiger partial charge in [0.1, 0.15) is 12.3 Å². The Morgan fingerprint density at radius 3 is 2.62 bits per heavy atom. The van der Waals surface area contributed by atoms with Gasteiger partial charge in [0.25, 0.3) is 5.91 Å². The summed E-state index contributed by atoms with van der Waals surface area (Å²) in [5.41, 5.74) is 0.234. The van der Waals surface area contributed by atoms with Crippen LogP contribution in [0, 0.1) is 0 Å². The number of hydrogen-bond donors (Lipinski definition) is 1. The lowest BCUT2D eigenvalue weighted by Crippen LogP contribution is -2.38. The van der Waals surface area contributed by atoms with E-state index in [-0.39, 0.29) is 18.3 Å². The SMILES string of the molecule is CC[C@H](COCC(F)(F)F)NC(=O)c1ccn(C(C)C)n1. The molecule has 1 rings (SSSR count). The number of rotatable bonds is 7. The summed E-state index contributed by atoms with van der Waals surface area (Å²) in [5.74, 6) is -0.420. The minimum absolute atomic E-state index is 0.128. The molecule has 0 saturated carbocycles. The first kappa shape index (κ1) is 17.5. The molecule has 120 valence electrons. The highest BCUT2D eigenvalue weighted by Gasteiger charge is 2.28. The van der Waals surface area contributed by atoms with Gasteiger partial charge in [-0.15, -0.1) is 0 Å². The van der Waals surface area contributed by atoms with E-state index in [9.17, 15) is 18.0 Å². The second-order valence-corrected chi connectivity index (χ2v) is 4.98. The first-order valence-electron chi connectivity index (χ1n) is 6.73. The van der Waals surface area contributed by atoms with Gasteiger partial charge in [-0.25, -0.2) is 0 Å². The number of carbonyl (C=O) groups excluding carboxylic acids is 1. The third-order valence-corrected chi connectivity index (χ3v) is 2.78. The van der Waals surface area contributed by atoms with E-state index in [2.05, 4.69) is 15.2 Å². The van der Waals surface area contributed by atoms with Crippen molar-refractivity contribution in [1.29, 1.82) is 0 Å². The maximum Gasteiger partial charge on any atom is 0.411 e. The number of alkyl halides is 3. The van der Waals surface area contributed by atoms with Crippen molar-refractivity contribution in [2.24, 2.45) is 0 Å². The number of ether oxygens (including phenoxy) is 1. The zero-order valence-electron chi connectivity index (χ0n) is 12.3. The second-order valence-electron chi connectivity index (χ2n) is 4.98. The highest BCUT2D eigenvalue weighted by molar-refractivity contribution is 5.92. The summed E-state index contributed by atoms with van der Waals surface area (Å²) in [7, 11) is 0. The molecule has 0 bridgehead atoms. The topological polar surface area (TPSA) is 56.1 Å². The molecule has 1 heterocycles. The van der Waals surface area contributed by atoms with Gasteiger partial charge in [0, 0.05) is 12.2 Å². The van der Waals surface area contributed by atoms with Gasteiger partial charge in [-0.05, 0) is 26.3 Å². The lowest BCUT2D eigenvalue weighted by atomic mass is 10.2. The predicted octanol–water partition coefficient (Wildman–Crippen LogP) is 2.55. The van der Waals surface area contributed by atoms with Crippen LogP contribution in [0.3, 0.4) is 0 Å². The first-order chi connectivity index (χ1) is 9.73. The molecular weight excluding hydrogens is 287 g/mol. The van der Waals surface area contributed by atoms with E-state index >= 15 is 0 Å². The van der Waals surface area contributed by atoms with Crippen LogP contribution in [0.15, 0.2) is 12.3 Å². The zero-order valence-corrected chi connectivity index (χ0v) is 12.3. The second kappa shape index (κ2) is 7.44. The maximum absolute atomic E-state index is 12.0. The van der Waals surface area contributed by atoms with Gasteiger partial charge in [-0.1, -0.05) is 6.92 Å². The van der Waals surface area contributed by atoms with Crippen LogP contribution in [0.5, 0.6) is 0 Å². The summed E-state index contributed by atoms with van der Waals surface area (Å²) in [6.45, 7) is 4.10. The Hall–Kier alpha value is -1.57. The van der Waals surface area contributed by atoms with Crippen LogP contribution >= 0.6 is 0 Å². The van der Waals surface area contributed by atoms with E-state index in [1.54, 1.807) is 23.9 Å². The monoisotopic (exact) mass is 307 g/mol. The standard InChI is InChI=1S/C13H20F3N3O2/c1-4-10(7-21-8-13(14,15)16)17-12(20)11-5-6-19(18-11)9(2)3/h5-6,9-10H,4,7-8H2,1-3H3,(H,17,20)/t10-/m1/s1. The minimum Gasteiger partial charge on any atom is -0.370 e. The summed E-state index contributed by atoms with van der Waals surface area (Å²) in [6, 6.07) is 1.21. The van der Waals surface area contributed by atoms with Crippen molar-refractivity contribution in [2.45, 2.75) is 45.5 Å². The maximum atomic E-state index is 12.0. The molecule has 8 heteroatoms. The van der Waals surface area contributed by atoms with Crippen LogP contribution in [-0.4, -0.2) is 41.1 Å². The van der Waals surface area contributed by atoms with Gasteiger partial charge < -0.3 is 10.1 Å². The van der Waals surface area contributed by atoms with Crippen LogP contribution in [0.1, 0.15) is 43.7 Å². The minimum atomic E-state index is -4.36. The molecule has 0 saturated heterocycles. The van der Waals surface area contributed by atoms with E-state index in [0.29, 0.717) is 6.42 Å². The zero-order chi connectivity index (χ0) is 16.0. The van der Waals surface area contributed by atoms with Crippen molar-refractivity contribution >= 4 is 5.91 Å². The molecule has 1 N–H and O–H groups in total. The molecule has 5 nitrogen and oxygen atoms in total. The number of hydrogen-bond acceptors (Lipinski definition) is 3. The molecule has 0 radical (unpaired) electrons. The molecule has 1 atom stereocenters. The van der Waals surface area contributed by atoms with Crippen LogP contribution in [0.2, 0.25) is 0 Å². The fourth-order valence-electron chi connectivity index (χ4n) is 1.58. The summed E-state index contributed by atoms with van der Waals surface area (Å²) in [6.07, 6.45) is -2.21. The summed E-state index contributed by atoms with van der Waals surface area (Å²) >= 11 is 0. The van der Waals surface area contributed by atoms with Crippen molar-refractivity contribution in [1.82, 2.24) is 15.1 Å². The van der Waals surface area contributed by atoms with Crippen LogP contribution in [-0.2, 0) is 4.74 Å². The average molecular weight is 307 g/mol. The Morgan fingerprint density at radius 2 is 2.14 bits per heavy atom. The Labute approximate surface area is 121 Å². The molecule has 0 aliphatic carbocycles. The molecular formula is C13H20F3N3O2. The van der Waals surface area contributed by atoms with E-state index in [0.717, 1.165) is 0 Å². The summed E-state index contributed by atoms with van der Waals surface area (Å²) < 4.78 is 42.2. The van der Waals surface area contributed by atoms with Crippen LogP contribution in [0.25, 0.3) is 0 Å². The van der Waals surface area contributed by atoms with Crippen LogP contribution < -0.4 is 5.32 Å². The number of amides is 1. The highest BCUT2D eigenvalue weighted by atomic mass is 19.4. The van der Waals surface area contributed by atoms with Crippen LogP contribution in [0.4, 0.5) is 13.2 Å². The Bertz CT molecular complexity index is 458. The van der Waals surface area contributed by atoms with Gasteiger partial charge in [0.2, 0.25) is 0 Å². The molecule has 0 aromatic carbocycles. The molecule has 1 amide bonds. The highest BCUT2D eigenvalue weighted by Crippen LogP contribution is 2.14. The van der Waals surface area contributed by atoms with E-state index in [1.165, 1.54) is 0 Å². The van der Waals surface area contributed by atoms with Gasteiger partial charge in [-0.3, -0.25) is 9.48 Å². The predicted molar refractivity (Wildman–Crippen MR) is 71.0 cm³/mol. The largest absolute Gasteiger partial charge is 0.411 e. The summed E-state index contributed by atoms with van der Waals surface area (Å²) in [4.78, 5) is 11.9. The van der Waals surface area contributed by atoms with E-state index < -0.39 is 24.7 Å². The molecule has 1 aromatic rings. The molecule has 0 spiro atoms. The molecule has 0 aliphatic heterocycles. The molecule has 21 heavy (non-hydrogen) atoms. The average Bonchev–Trinajstić information content (AvgIpc) is 2.85. The number of nitrogens with one attached hydrogen (secondary N) is 1. The fourth-order valence-corrected chi connectivity index (χ4v) is 1.58. The Balaban J connectivity index is 2.50. The number of halogens is 3. The molecule has 0 fully saturated rings. The Kier molecular flexibility index (Phi) is 6.19. The third-order valence-electron chi connectivity index (χ3n) is 2.78. The van der Waals surface area contributed by atoms with Crippen molar-refractivity contribution < 1.29 is 22.7 Å². The number of nitrogens with zero attached hydrogens (tertiary/aromatic N) is 2. The molecule has 0 aliphatic rings. The summed E-state index contributed by atoms with van der Waals surface area (Å²) in [5, 5.41) is 6.71. The normalized spacial score (nSPS) is 13.5. The smallest absolute Gasteiger partial charge is 0.370 e. The lowest BCUT2D eigenvalue weighted by molar-refractivity contribution is -0.175. The van der Waals surface area contributed by atoms with Gasteiger partial charge in [0.15, 0.2) is 0 Å². The van der Waals surface area contributed by atoms with Crippen molar-refractivity contribution in [3.63, 3.8) is 0 Å². The van der Waals surface area contributed by atoms with Gasteiger partial charge in [0.05, 0.1) is 12.6 Å². The van der Waals surface area contributed by atoms with Crippen molar-refractivity contribution in [2.75, 3.05) is 13.2 Å². The van der Waals surface area contributed by atoms with E-state index in [4.69, 9.17) is 0 Å². The number of carbonyl (C=O) groups is 1. The molecule has 0 unspecified atom stereocenters. The lowest BCUT2D eigenvalue weighted by Gasteiger charge is -2.17. The molecule has 1 aromatic heterocycles. The number of aromatic nitrogens is 2. The quantitative estimate of drug-likeness (QED) is 0.842. The van der Waals surface area contributed by atoms with E-state index in [1.807, 2.05) is 13.8 Å². The fraction of sp³-hybridized carbons (Fsp3) is 0.692. The van der Waals surface area contributed by atoms with Gasteiger partial charge in [-0.2, -0.15) is 18.3 Å². The van der Waals surface area contributed by atoms with Crippen molar-refractivity contribution in [3.8, 4) is 0 Å².